The van der Waals surface area contributed by atoms with E-state index in [0.29, 0.717) is 24.6 Å². The van der Waals surface area contributed by atoms with Crippen LogP contribution in [0.4, 0.5) is 13.2 Å². The first kappa shape index (κ1) is 22.1. The first-order valence-electron chi connectivity index (χ1n) is 9.47. The third-order valence-corrected chi connectivity index (χ3v) is 4.97. The van der Waals surface area contributed by atoms with Gasteiger partial charge in [-0.25, -0.2) is 20.3 Å². The molecule has 8 nitrogen and oxygen atoms in total. The maximum absolute atomic E-state index is 13.0. The first-order chi connectivity index (χ1) is 15.2. The SMILES string of the molecule is O=C(O)CCNCc1ccc(C2=NC(c3cn4cc(C(F)(F)F)cc(Cl)c4n3)ON2)cc1. The lowest BCUT2D eigenvalue weighted by Gasteiger charge is -2.07. The van der Waals surface area contributed by atoms with Crippen LogP contribution in [0.3, 0.4) is 0 Å². The molecule has 3 N–H and O–H groups in total. The summed E-state index contributed by atoms with van der Waals surface area (Å²) in [5, 5.41) is 11.5. The van der Waals surface area contributed by atoms with Crippen LogP contribution in [-0.4, -0.2) is 32.8 Å². The fourth-order valence-corrected chi connectivity index (χ4v) is 3.36. The standard InChI is InChI=1S/C20H17ClF3N5O3/c21-14-7-13(20(22,23)24)9-29-10-15(26-18(14)29)19-27-17(28-32-19)12-3-1-11(2-4-12)8-25-6-5-16(30)31/h1-4,7,9-10,19,25H,5-6,8H2,(H,27,28)(H,30,31). The van der Waals surface area contributed by atoms with Crippen molar-refractivity contribution in [3.05, 3.63) is 70.1 Å². The largest absolute Gasteiger partial charge is 0.481 e. The van der Waals surface area contributed by atoms with Gasteiger partial charge in [-0.1, -0.05) is 35.9 Å². The monoisotopic (exact) mass is 467 g/mol. The number of nitrogens with zero attached hydrogens (tertiary/aromatic N) is 3. The number of fused-ring (bicyclic) bond motifs is 1. The Kier molecular flexibility index (Phi) is 6.04. The Morgan fingerprint density at radius 1 is 1.28 bits per heavy atom. The number of hydrogen-bond acceptors (Lipinski definition) is 6. The van der Waals surface area contributed by atoms with Crippen LogP contribution in [0, 0.1) is 0 Å². The van der Waals surface area contributed by atoms with Crippen molar-refractivity contribution in [2.45, 2.75) is 25.4 Å². The highest BCUT2D eigenvalue weighted by Gasteiger charge is 2.32. The van der Waals surface area contributed by atoms with E-state index in [2.05, 4.69) is 20.8 Å². The van der Waals surface area contributed by atoms with Crippen molar-refractivity contribution in [3.63, 3.8) is 0 Å². The third kappa shape index (κ3) is 4.85. The predicted molar refractivity (Wildman–Crippen MR) is 109 cm³/mol. The quantitative estimate of drug-likeness (QED) is 0.459. The molecule has 1 aliphatic rings. The van der Waals surface area contributed by atoms with Gasteiger partial charge in [0, 0.05) is 31.0 Å². The molecule has 1 aromatic carbocycles. The number of halogens is 4. The van der Waals surface area contributed by atoms with E-state index in [1.807, 2.05) is 24.3 Å². The second-order valence-electron chi connectivity index (χ2n) is 7.04. The van der Waals surface area contributed by atoms with Gasteiger partial charge in [-0.05, 0) is 11.6 Å². The van der Waals surface area contributed by atoms with Crippen LogP contribution in [0.5, 0.6) is 0 Å². The second-order valence-corrected chi connectivity index (χ2v) is 7.45. The van der Waals surface area contributed by atoms with Gasteiger partial charge in [-0.2, -0.15) is 13.2 Å². The van der Waals surface area contributed by atoms with Gasteiger partial charge in [0.05, 0.1) is 17.0 Å². The predicted octanol–water partition coefficient (Wildman–Crippen LogP) is 3.55. The highest BCUT2D eigenvalue weighted by molar-refractivity contribution is 6.33. The maximum atomic E-state index is 13.0. The summed E-state index contributed by atoms with van der Waals surface area (Å²) in [5.41, 5.74) is 3.99. The van der Waals surface area contributed by atoms with Gasteiger partial charge in [0.2, 0.25) is 6.23 Å². The summed E-state index contributed by atoms with van der Waals surface area (Å²) in [5.74, 6) is -0.416. The van der Waals surface area contributed by atoms with E-state index in [1.54, 1.807) is 0 Å². The van der Waals surface area contributed by atoms with Gasteiger partial charge >= 0.3 is 12.1 Å². The number of carboxylic acid groups (broad SMARTS) is 1. The van der Waals surface area contributed by atoms with Crippen LogP contribution in [0.15, 0.2) is 47.7 Å². The Balaban J connectivity index is 1.47. The van der Waals surface area contributed by atoms with Gasteiger partial charge in [0.15, 0.2) is 11.5 Å². The number of alkyl halides is 3. The number of hydroxylamine groups is 1. The molecule has 0 aliphatic carbocycles. The molecule has 0 fully saturated rings. The summed E-state index contributed by atoms with van der Waals surface area (Å²) in [4.78, 5) is 24.6. The van der Waals surface area contributed by atoms with Crippen molar-refractivity contribution in [3.8, 4) is 0 Å². The van der Waals surface area contributed by atoms with Gasteiger partial charge in [0.1, 0.15) is 5.69 Å². The van der Waals surface area contributed by atoms with Crippen molar-refractivity contribution < 1.29 is 27.9 Å². The number of rotatable bonds is 7. The number of carboxylic acids is 1. The summed E-state index contributed by atoms with van der Waals surface area (Å²) < 4.78 is 40.2. The highest BCUT2D eigenvalue weighted by Crippen LogP contribution is 2.33. The molecule has 3 aromatic rings. The lowest BCUT2D eigenvalue weighted by atomic mass is 10.1. The number of benzene rings is 1. The van der Waals surface area contributed by atoms with Crippen LogP contribution >= 0.6 is 11.6 Å². The normalized spacial score (nSPS) is 16.2. The smallest absolute Gasteiger partial charge is 0.417 e. The number of nitrogens with one attached hydrogen (secondary N) is 2. The molecule has 3 heterocycles. The Hall–Kier alpha value is -3.15. The van der Waals surface area contributed by atoms with Crippen LogP contribution in [-0.2, 0) is 22.4 Å². The summed E-state index contributed by atoms with van der Waals surface area (Å²) in [7, 11) is 0. The molecule has 168 valence electrons. The third-order valence-electron chi connectivity index (χ3n) is 4.69. The zero-order valence-electron chi connectivity index (χ0n) is 16.4. The highest BCUT2D eigenvalue weighted by atomic mass is 35.5. The summed E-state index contributed by atoms with van der Waals surface area (Å²) in [6.07, 6.45) is -3.04. The lowest BCUT2D eigenvalue weighted by molar-refractivity contribution is -0.138. The number of aromatic nitrogens is 2. The van der Waals surface area contributed by atoms with E-state index in [0.717, 1.165) is 23.4 Å². The van der Waals surface area contributed by atoms with Crippen LogP contribution < -0.4 is 10.8 Å². The number of aliphatic imine (C=N–C) groups is 1. The number of aliphatic carboxylic acids is 1. The molecule has 0 saturated carbocycles. The Bertz CT molecular complexity index is 1180. The summed E-state index contributed by atoms with van der Waals surface area (Å²) in [6, 6.07) is 8.20. The van der Waals surface area contributed by atoms with Crippen molar-refractivity contribution in [1.82, 2.24) is 20.2 Å². The minimum absolute atomic E-state index is 0.0450. The molecule has 0 radical (unpaired) electrons. The average Bonchev–Trinajstić information content (AvgIpc) is 3.38. The zero-order chi connectivity index (χ0) is 22.9. The second kappa shape index (κ2) is 8.77. The number of carbonyl (C=O) groups is 1. The average molecular weight is 468 g/mol. The molecule has 2 aromatic heterocycles. The molecule has 32 heavy (non-hydrogen) atoms. The van der Waals surface area contributed by atoms with Crippen molar-refractivity contribution in [2.24, 2.45) is 4.99 Å². The molecule has 1 atom stereocenters. The maximum Gasteiger partial charge on any atom is 0.417 e. The van der Waals surface area contributed by atoms with Gasteiger partial charge in [-0.3, -0.25) is 4.79 Å². The molecule has 4 rings (SSSR count). The Morgan fingerprint density at radius 2 is 2.03 bits per heavy atom. The van der Waals surface area contributed by atoms with Crippen LogP contribution in [0.1, 0.15) is 35.0 Å². The van der Waals surface area contributed by atoms with Gasteiger partial charge in [0.25, 0.3) is 0 Å². The van der Waals surface area contributed by atoms with Crippen molar-refractivity contribution in [2.75, 3.05) is 6.54 Å². The topological polar surface area (TPSA) is 100 Å². The molecule has 1 aliphatic heterocycles. The van der Waals surface area contributed by atoms with E-state index in [4.69, 9.17) is 21.5 Å². The van der Waals surface area contributed by atoms with Crippen molar-refractivity contribution >= 4 is 29.1 Å². The van der Waals surface area contributed by atoms with Crippen molar-refractivity contribution in [1.29, 1.82) is 0 Å². The van der Waals surface area contributed by atoms with E-state index in [1.165, 1.54) is 10.6 Å². The molecular formula is C20H17ClF3N5O3. The molecule has 1 unspecified atom stereocenters. The minimum Gasteiger partial charge on any atom is -0.481 e. The number of amidine groups is 1. The molecule has 0 amide bonds. The molecule has 12 heteroatoms. The number of imidazole rings is 1. The lowest BCUT2D eigenvalue weighted by Crippen LogP contribution is -2.19. The molecule has 0 saturated heterocycles. The Labute approximate surface area is 184 Å². The fourth-order valence-electron chi connectivity index (χ4n) is 3.10. The minimum atomic E-state index is -4.53. The van der Waals surface area contributed by atoms with E-state index < -0.39 is 23.9 Å². The van der Waals surface area contributed by atoms with Crippen LogP contribution in [0.2, 0.25) is 5.02 Å². The summed E-state index contributed by atoms with van der Waals surface area (Å²) >= 11 is 5.98. The molecule has 0 spiro atoms. The van der Waals surface area contributed by atoms with E-state index in [-0.39, 0.29) is 17.1 Å². The van der Waals surface area contributed by atoms with Gasteiger partial charge < -0.3 is 14.8 Å². The number of hydrogen-bond donors (Lipinski definition) is 3. The zero-order valence-corrected chi connectivity index (χ0v) is 17.1. The van der Waals surface area contributed by atoms with Gasteiger partial charge in [-0.15, -0.1) is 0 Å². The first-order valence-corrected chi connectivity index (χ1v) is 9.85. The summed E-state index contributed by atoms with van der Waals surface area (Å²) in [6.45, 7) is 0.892. The van der Waals surface area contributed by atoms with E-state index in [9.17, 15) is 18.0 Å². The molecular weight excluding hydrogens is 451 g/mol. The Morgan fingerprint density at radius 3 is 2.72 bits per heavy atom. The van der Waals surface area contributed by atoms with Crippen LogP contribution in [0.25, 0.3) is 5.65 Å². The van der Waals surface area contributed by atoms with E-state index >= 15 is 0 Å². The molecule has 0 bridgehead atoms. The number of pyridine rings is 1. The fraction of sp³-hybridized carbons (Fsp3) is 0.250.